The van der Waals surface area contributed by atoms with Crippen molar-refractivity contribution in [1.29, 1.82) is 0 Å². The summed E-state index contributed by atoms with van der Waals surface area (Å²) >= 11 is 0. The van der Waals surface area contributed by atoms with Crippen molar-refractivity contribution in [3.63, 3.8) is 0 Å². The molecule has 7 nitrogen and oxygen atoms in total. The molecule has 0 unspecified atom stereocenters. The summed E-state index contributed by atoms with van der Waals surface area (Å²) in [7, 11) is 1.35. The maximum atomic E-state index is 10.8. The fourth-order valence-corrected chi connectivity index (χ4v) is 0.750. The Morgan fingerprint density at radius 2 is 2.43 bits per heavy atom. The molecule has 0 radical (unpaired) electrons. The van der Waals surface area contributed by atoms with Crippen LogP contribution in [0, 0.1) is 10.1 Å². The van der Waals surface area contributed by atoms with E-state index in [1.165, 1.54) is 25.4 Å². The molecule has 0 aliphatic heterocycles. The van der Waals surface area contributed by atoms with E-state index >= 15 is 0 Å². The smallest absolute Gasteiger partial charge is 0.401 e. The van der Waals surface area contributed by atoms with Gasteiger partial charge in [0.15, 0.2) is 0 Å². The monoisotopic (exact) mass is 197 g/mol. The van der Waals surface area contributed by atoms with E-state index in [4.69, 9.17) is 0 Å². The quantitative estimate of drug-likeness (QED) is 0.556. The van der Waals surface area contributed by atoms with Gasteiger partial charge in [0.05, 0.1) is 0 Å². The number of rotatable bonds is 2. The molecular weight excluding hydrogens is 190 g/mol. The molecule has 14 heavy (non-hydrogen) atoms. The number of hydrogen-bond donors (Lipinski definition) is 1. The van der Waals surface area contributed by atoms with E-state index < -0.39 is 16.8 Å². The lowest BCUT2D eigenvalue weighted by atomic mass is 10.4. The summed E-state index contributed by atoms with van der Waals surface area (Å²) in [4.78, 5) is 23.9. The molecule has 0 aliphatic rings. The van der Waals surface area contributed by atoms with Crippen LogP contribution in [-0.2, 0) is 0 Å². The Hall–Kier alpha value is -2.18. The SMILES string of the molecule is CNC(=O)Oc1cccnc1[N+](=O)[O-]. The van der Waals surface area contributed by atoms with Crippen LogP contribution in [0.25, 0.3) is 0 Å². The van der Waals surface area contributed by atoms with E-state index in [9.17, 15) is 14.9 Å². The number of pyridine rings is 1. The van der Waals surface area contributed by atoms with Gasteiger partial charge in [-0.05, 0) is 22.0 Å². The highest BCUT2D eigenvalue weighted by Gasteiger charge is 2.17. The summed E-state index contributed by atoms with van der Waals surface area (Å²) in [5.74, 6) is -0.673. The van der Waals surface area contributed by atoms with Crippen LogP contribution in [0.1, 0.15) is 0 Å². The molecule has 0 aromatic carbocycles. The number of amides is 1. The second-order valence-corrected chi connectivity index (χ2v) is 2.22. The van der Waals surface area contributed by atoms with E-state index in [0.29, 0.717) is 0 Å². The van der Waals surface area contributed by atoms with E-state index in [0.717, 1.165) is 0 Å². The molecule has 1 amide bonds. The van der Waals surface area contributed by atoms with Gasteiger partial charge in [0, 0.05) is 7.05 Å². The van der Waals surface area contributed by atoms with Gasteiger partial charge in [-0.1, -0.05) is 0 Å². The predicted octanol–water partition coefficient (Wildman–Crippen LogP) is 0.708. The molecule has 1 aromatic rings. The Morgan fingerprint density at radius 1 is 1.71 bits per heavy atom. The zero-order chi connectivity index (χ0) is 10.6. The number of nitro groups is 1. The minimum absolute atomic E-state index is 0.183. The molecule has 0 spiro atoms. The lowest BCUT2D eigenvalue weighted by molar-refractivity contribution is -0.390. The lowest BCUT2D eigenvalue weighted by Gasteiger charge is -2.02. The molecule has 0 aliphatic carbocycles. The number of aromatic nitrogens is 1. The topological polar surface area (TPSA) is 94.4 Å². The van der Waals surface area contributed by atoms with Crippen molar-refractivity contribution in [3.05, 3.63) is 28.4 Å². The first-order valence-corrected chi connectivity index (χ1v) is 3.64. The third-order valence-electron chi connectivity index (χ3n) is 1.33. The van der Waals surface area contributed by atoms with Crippen molar-refractivity contribution in [2.24, 2.45) is 0 Å². The fraction of sp³-hybridized carbons (Fsp3) is 0.143. The molecule has 1 N–H and O–H groups in total. The van der Waals surface area contributed by atoms with Crippen LogP contribution in [0.2, 0.25) is 0 Å². The molecule has 1 rings (SSSR count). The molecule has 1 heterocycles. The Morgan fingerprint density at radius 3 is 3.00 bits per heavy atom. The van der Waals surface area contributed by atoms with Crippen LogP contribution < -0.4 is 10.1 Å². The third kappa shape index (κ3) is 2.16. The third-order valence-corrected chi connectivity index (χ3v) is 1.33. The van der Waals surface area contributed by atoms with E-state index in [1.54, 1.807) is 0 Å². The van der Waals surface area contributed by atoms with Crippen LogP contribution in [0.5, 0.6) is 5.75 Å². The minimum Gasteiger partial charge on any atom is -0.401 e. The highest BCUT2D eigenvalue weighted by Crippen LogP contribution is 2.22. The molecule has 0 fully saturated rings. The summed E-state index contributed by atoms with van der Waals surface area (Å²) in [5.41, 5.74) is 0. The number of nitrogens with zero attached hydrogens (tertiary/aromatic N) is 2. The first-order chi connectivity index (χ1) is 6.65. The largest absolute Gasteiger partial charge is 0.412 e. The maximum Gasteiger partial charge on any atom is 0.412 e. The van der Waals surface area contributed by atoms with Gasteiger partial charge in [-0.25, -0.2) is 4.79 Å². The Bertz CT molecular complexity index is 366. The van der Waals surface area contributed by atoms with E-state index in [2.05, 4.69) is 15.0 Å². The van der Waals surface area contributed by atoms with E-state index in [-0.39, 0.29) is 5.75 Å². The summed E-state index contributed by atoms with van der Waals surface area (Å²) in [6, 6.07) is 2.73. The Balaban J connectivity index is 2.95. The van der Waals surface area contributed by atoms with Gasteiger partial charge in [0.25, 0.3) is 0 Å². The highest BCUT2D eigenvalue weighted by atomic mass is 16.6. The molecule has 0 bridgehead atoms. The van der Waals surface area contributed by atoms with Crippen LogP contribution in [0.15, 0.2) is 18.3 Å². The number of carbonyl (C=O) groups is 1. The van der Waals surface area contributed by atoms with Crippen molar-refractivity contribution >= 4 is 11.9 Å². The zero-order valence-electron chi connectivity index (χ0n) is 7.26. The normalized spacial score (nSPS) is 9.21. The summed E-state index contributed by atoms with van der Waals surface area (Å²) in [6.45, 7) is 0. The first kappa shape index (κ1) is 9.90. The molecule has 0 atom stereocenters. The molecule has 74 valence electrons. The van der Waals surface area contributed by atoms with Crippen LogP contribution >= 0.6 is 0 Å². The van der Waals surface area contributed by atoms with Crippen LogP contribution in [-0.4, -0.2) is 23.0 Å². The van der Waals surface area contributed by atoms with E-state index in [1.807, 2.05) is 0 Å². The summed E-state index contributed by atoms with van der Waals surface area (Å²) < 4.78 is 4.60. The van der Waals surface area contributed by atoms with Crippen molar-refractivity contribution < 1.29 is 14.5 Å². The van der Waals surface area contributed by atoms with Gasteiger partial charge in [0.1, 0.15) is 6.20 Å². The standard InChI is InChI=1S/C7H7N3O4/c1-8-7(11)14-5-3-2-4-9-6(5)10(12)13/h2-4H,1H3,(H,8,11). The number of hydrogen-bond acceptors (Lipinski definition) is 5. The molecule has 7 heteroatoms. The van der Waals surface area contributed by atoms with Gasteiger partial charge >= 0.3 is 11.9 Å². The van der Waals surface area contributed by atoms with Crippen molar-refractivity contribution in [1.82, 2.24) is 10.3 Å². The fourth-order valence-electron chi connectivity index (χ4n) is 0.750. The minimum atomic E-state index is -0.777. The second-order valence-electron chi connectivity index (χ2n) is 2.22. The van der Waals surface area contributed by atoms with Crippen molar-refractivity contribution in [2.45, 2.75) is 0 Å². The van der Waals surface area contributed by atoms with Gasteiger partial charge in [0.2, 0.25) is 5.75 Å². The van der Waals surface area contributed by atoms with Crippen molar-refractivity contribution in [2.75, 3.05) is 7.05 Å². The van der Waals surface area contributed by atoms with Crippen molar-refractivity contribution in [3.8, 4) is 5.75 Å². The average molecular weight is 197 g/mol. The maximum absolute atomic E-state index is 10.8. The Labute approximate surface area is 78.9 Å². The summed E-state index contributed by atoms with van der Waals surface area (Å²) in [6.07, 6.45) is 0.468. The van der Waals surface area contributed by atoms with Gasteiger partial charge in [-0.3, -0.25) is 0 Å². The predicted molar refractivity (Wildman–Crippen MR) is 46.0 cm³/mol. The molecular formula is C7H7N3O4. The average Bonchev–Trinajstić information content (AvgIpc) is 2.18. The second kappa shape index (κ2) is 4.17. The first-order valence-electron chi connectivity index (χ1n) is 3.64. The summed E-state index contributed by atoms with van der Waals surface area (Å²) in [5, 5.41) is 12.6. The zero-order valence-corrected chi connectivity index (χ0v) is 7.26. The van der Waals surface area contributed by atoms with Gasteiger partial charge < -0.3 is 20.2 Å². The molecule has 1 aromatic heterocycles. The van der Waals surface area contributed by atoms with Gasteiger partial charge in [-0.2, -0.15) is 0 Å². The van der Waals surface area contributed by atoms with Crippen LogP contribution in [0.3, 0.4) is 0 Å². The lowest BCUT2D eigenvalue weighted by Crippen LogP contribution is -2.22. The number of nitrogens with one attached hydrogen (secondary N) is 1. The highest BCUT2D eigenvalue weighted by molar-refractivity contribution is 5.71. The number of carbonyl (C=O) groups excluding carboxylic acids is 1. The molecule has 0 saturated heterocycles. The van der Waals surface area contributed by atoms with Gasteiger partial charge in [-0.15, -0.1) is 0 Å². The number of ether oxygens (including phenoxy) is 1. The van der Waals surface area contributed by atoms with Crippen LogP contribution in [0.4, 0.5) is 10.6 Å². The molecule has 0 saturated carbocycles. The Kier molecular flexibility index (Phi) is 2.95.